The lowest BCUT2D eigenvalue weighted by molar-refractivity contribution is 0.330. The molecule has 0 unspecified atom stereocenters. The number of sulfonamides is 2. The number of rotatable bonds is 8. The summed E-state index contributed by atoms with van der Waals surface area (Å²) in [6.45, 7) is 4.00. The van der Waals surface area contributed by atoms with Gasteiger partial charge in [-0.1, -0.05) is 19.1 Å². The fourth-order valence-electron chi connectivity index (χ4n) is 2.36. The Morgan fingerprint density at radius 3 is 2.11 bits per heavy atom. The maximum absolute atomic E-state index is 12.6. The number of hydrogen-bond donors (Lipinski definition) is 1. The molecular weight excluding hydrogens is 388 g/mol. The zero-order chi connectivity index (χ0) is 20.2. The number of ether oxygens (including phenoxy) is 1. The average molecular weight is 413 g/mol. The molecule has 0 spiro atoms. The molecule has 0 atom stereocenters. The second-order valence-corrected chi connectivity index (χ2v) is 9.79. The fourth-order valence-corrected chi connectivity index (χ4v) is 4.46. The molecule has 2 aromatic carbocycles. The molecule has 0 saturated carbocycles. The normalized spacial score (nSPS) is 12.2. The minimum atomic E-state index is -3.85. The van der Waals surface area contributed by atoms with Crippen LogP contribution in [0.3, 0.4) is 0 Å². The first-order valence-corrected chi connectivity index (χ1v) is 11.3. The van der Waals surface area contributed by atoms with E-state index in [1.807, 2.05) is 6.92 Å². The molecule has 0 saturated heterocycles. The fraction of sp³-hybridized carbons (Fsp3) is 0.333. The summed E-state index contributed by atoms with van der Waals surface area (Å²) >= 11 is 0. The van der Waals surface area contributed by atoms with Crippen LogP contribution in [0.2, 0.25) is 0 Å². The monoisotopic (exact) mass is 412 g/mol. The highest BCUT2D eigenvalue weighted by Gasteiger charge is 2.24. The summed E-state index contributed by atoms with van der Waals surface area (Å²) in [4.78, 5) is 0.00137. The van der Waals surface area contributed by atoms with Crippen LogP contribution in [-0.2, 0) is 26.5 Å². The van der Waals surface area contributed by atoms with E-state index in [0.717, 1.165) is 16.3 Å². The van der Waals surface area contributed by atoms with Gasteiger partial charge in [-0.25, -0.2) is 21.1 Å². The van der Waals surface area contributed by atoms with Crippen LogP contribution in [0.25, 0.3) is 0 Å². The minimum absolute atomic E-state index is 0.101. The Bertz CT molecular complexity index is 999. The molecule has 9 heteroatoms. The van der Waals surface area contributed by atoms with Crippen molar-refractivity contribution >= 4 is 25.7 Å². The molecule has 27 heavy (non-hydrogen) atoms. The number of nitrogens with zero attached hydrogens (tertiary/aromatic N) is 1. The van der Waals surface area contributed by atoms with Gasteiger partial charge in [-0.05, 0) is 49.2 Å². The molecule has 148 valence electrons. The SMILES string of the molecule is CCOc1ccc(NS(=O)(=O)c2ccc(CC)cc2)cc1S(=O)(=O)N(C)C. The molecule has 2 rings (SSSR count). The van der Waals surface area contributed by atoms with Crippen molar-refractivity contribution in [2.24, 2.45) is 0 Å². The molecule has 2 aromatic rings. The van der Waals surface area contributed by atoms with Crippen molar-refractivity contribution in [1.29, 1.82) is 0 Å². The summed E-state index contributed by atoms with van der Waals surface area (Å²) in [6.07, 6.45) is 0.804. The van der Waals surface area contributed by atoms with Gasteiger partial charge < -0.3 is 4.74 Å². The van der Waals surface area contributed by atoms with Crippen molar-refractivity contribution in [1.82, 2.24) is 4.31 Å². The number of nitrogens with one attached hydrogen (secondary N) is 1. The predicted octanol–water partition coefficient (Wildman–Crippen LogP) is 2.70. The van der Waals surface area contributed by atoms with E-state index in [0.29, 0.717) is 0 Å². The van der Waals surface area contributed by atoms with E-state index < -0.39 is 20.0 Å². The maximum atomic E-state index is 12.6. The number of anilines is 1. The molecule has 0 amide bonds. The summed E-state index contributed by atoms with van der Waals surface area (Å²) in [6, 6.07) is 10.7. The van der Waals surface area contributed by atoms with Gasteiger partial charge in [-0.3, -0.25) is 4.72 Å². The molecule has 0 fully saturated rings. The van der Waals surface area contributed by atoms with E-state index >= 15 is 0 Å². The van der Waals surface area contributed by atoms with Gasteiger partial charge in [0, 0.05) is 14.1 Å². The van der Waals surface area contributed by atoms with Crippen LogP contribution in [0.15, 0.2) is 52.3 Å². The van der Waals surface area contributed by atoms with Gasteiger partial charge in [0.25, 0.3) is 10.0 Å². The van der Waals surface area contributed by atoms with E-state index in [-0.39, 0.29) is 27.8 Å². The van der Waals surface area contributed by atoms with E-state index in [1.54, 1.807) is 19.1 Å². The summed E-state index contributed by atoms with van der Waals surface area (Å²) in [5.74, 6) is 0.168. The number of benzene rings is 2. The predicted molar refractivity (Wildman–Crippen MR) is 105 cm³/mol. The van der Waals surface area contributed by atoms with Gasteiger partial charge >= 0.3 is 0 Å². The first-order chi connectivity index (χ1) is 12.6. The van der Waals surface area contributed by atoms with Crippen LogP contribution in [0.5, 0.6) is 5.75 Å². The second kappa shape index (κ2) is 8.28. The number of hydrogen-bond acceptors (Lipinski definition) is 5. The van der Waals surface area contributed by atoms with Crippen molar-refractivity contribution < 1.29 is 21.6 Å². The van der Waals surface area contributed by atoms with E-state index in [1.165, 1.54) is 44.4 Å². The summed E-state index contributed by atoms with van der Waals surface area (Å²) in [7, 11) is -4.85. The highest BCUT2D eigenvalue weighted by Crippen LogP contribution is 2.30. The first kappa shape index (κ1) is 21.2. The van der Waals surface area contributed by atoms with Gasteiger partial charge in [-0.15, -0.1) is 0 Å². The molecule has 0 aromatic heterocycles. The summed E-state index contributed by atoms with van der Waals surface area (Å²) < 4.78 is 59.2. The van der Waals surface area contributed by atoms with Crippen LogP contribution < -0.4 is 9.46 Å². The molecule has 0 bridgehead atoms. The molecule has 7 nitrogen and oxygen atoms in total. The summed E-state index contributed by atoms with van der Waals surface area (Å²) in [5, 5.41) is 0. The Balaban J connectivity index is 2.44. The van der Waals surface area contributed by atoms with Gasteiger partial charge in [0.15, 0.2) is 0 Å². The lowest BCUT2D eigenvalue weighted by Gasteiger charge is -2.17. The van der Waals surface area contributed by atoms with Crippen molar-refractivity contribution in [3.8, 4) is 5.75 Å². The van der Waals surface area contributed by atoms with Crippen LogP contribution in [0, 0.1) is 0 Å². The Hall–Kier alpha value is -2.10. The lowest BCUT2D eigenvalue weighted by Crippen LogP contribution is -2.23. The standard InChI is InChI=1S/C18H24N2O5S2/c1-5-14-7-10-16(11-8-14)26(21,22)19-15-9-12-17(25-6-2)18(13-15)27(23,24)20(3)4/h7-13,19H,5-6H2,1-4H3. The third kappa shape index (κ3) is 4.79. The smallest absolute Gasteiger partial charge is 0.261 e. The Kier molecular flexibility index (Phi) is 6.50. The van der Waals surface area contributed by atoms with Crippen molar-refractivity contribution in [2.75, 3.05) is 25.4 Å². The molecule has 0 aliphatic heterocycles. The van der Waals surface area contributed by atoms with Crippen LogP contribution in [-0.4, -0.2) is 41.8 Å². The first-order valence-electron chi connectivity index (χ1n) is 8.43. The molecule has 0 aliphatic carbocycles. The van der Waals surface area contributed by atoms with Crippen LogP contribution in [0.4, 0.5) is 5.69 Å². The van der Waals surface area contributed by atoms with Crippen molar-refractivity contribution in [2.45, 2.75) is 30.1 Å². The largest absolute Gasteiger partial charge is 0.492 e. The van der Waals surface area contributed by atoms with E-state index in [9.17, 15) is 16.8 Å². The molecule has 0 aliphatic rings. The van der Waals surface area contributed by atoms with E-state index in [2.05, 4.69) is 4.72 Å². The van der Waals surface area contributed by atoms with Gasteiger partial charge in [-0.2, -0.15) is 0 Å². The molecule has 1 N–H and O–H groups in total. The lowest BCUT2D eigenvalue weighted by atomic mass is 10.2. The zero-order valence-electron chi connectivity index (χ0n) is 15.8. The van der Waals surface area contributed by atoms with Gasteiger partial charge in [0.1, 0.15) is 10.6 Å². The van der Waals surface area contributed by atoms with Crippen LogP contribution in [0.1, 0.15) is 19.4 Å². The third-order valence-corrected chi connectivity index (χ3v) is 7.13. The minimum Gasteiger partial charge on any atom is -0.492 e. The molecule has 0 radical (unpaired) electrons. The van der Waals surface area contributed by atoms with Crippen molar-refractivity contribution in [3.05, 3.63) is 48.0 Å². The zero-order valence-corrected chi connectivity index (χ0v) is 17.4. The molecule has 0 heterocycles. The highest BCUT2D eigenvalue weighted by atomic mass is 32.2. The summed E-state index contributed by atoms with van der Waals surface area (Å²) in [5.41, 5.74) is 1.16. The van der Waals surface area contributed by atoms with E-state index in [4.69, 9.17) is 4.74 Å². The Morgan fingerprint density at radius 2 is 1.59 bits per heavy atom. The second-order valence-electron chi connectivity index (χ2n) is 5.98. The Morgan fingerprint density at radius 1 is 0.963 bits per heavy atom. The third-order valence-electron chi connectivity index (χ3n) is 3.90. The van der Waals surface area contributed by atoms with Gasteiger partial charge in [0.05, 0.1) is 17.2 Å². The maximum Gasteiger partial charge on any atom is 0.261 e. The topological polar surface area (TPSA) is 92.8 Å². The average Bonchev–Trinajstić information content (AvgIpc) is 2.62. The molecular formula is C18H24N2O5S2. The van der Waals surface area contributed by atoms with Crippen LogP contribution >= 0.6 is 0 Å². The Labute approximate surface area is 161 Å². The highest BCUT2D eigenvalue weighted by molar-refractivity contribution is 7.92. The quantitative estimate of drug-likeness (QED) is 0.720. The number of aryl methyl sites for hydroxylation is 1. The van der Waals surface area contributed by atoms with Crippen molar-refractivity contribution in [3.63, 3.8) is 0 Å². The van der Waals surface area contributed by atoms with Gasteiger partial charge in [0.2, 0.25) is 10.0 Å².